The summed E-state index contributed by atoms with van der Waals surface area (Å²) in [5, 5.41) is 0. The Labute approximate surface area is 156 Å². The predicted octanol–water partition coefficient (Wildman–Crippen LogP) is 3.58. The van der Waals surface area contributed by atoms with Crippen molar-refractivity contribution in [3.05, 3.63) is 34.3 Å². The molecular formula is C18H27BrN2O2S. The monoisotopic (exact) mass is 414 g/mol. The fourth-order valence-electron chi connectivity index (χ4n) is 2.85. The van der Waals surface area contributed by atoms with E-state index in [9.17, 15) is 9.35 Å². The number of hydrogen-bond donors (Lipinski definition) is 1. The van der Waals surface area contributed by atoms with Gasteiger partial charge in [-0.25, -0.2) is 0 Å². The molecule has 1 aromatic carbocycles. The third-order valence-corrected chi connectivity index (χ3v) is 6.84. The van der Waals surface area contributed by atoms with Crippen molar-refractivity contribution < 1.29 is 9.35 Å². The van der Waals surface area contributed by atoms with E-state index in [1.807, 2.05) is 45.0 Å². The molecule has 1 saturated carbocycles. The topological polar surface area (TPSA) is 55.4 Å². The van der Waals surface area contributed by atoms with Crippen LogP contribution in [0.25, 0.3) is 0 Å². The first-order valence-electron chi connectivity index (χ1n) is 8.11. The minimum Gasteiger partial charge on any atom is -0.598 e. The van der Waals surface area contributed by atoms with Gasteiger partial charge in [-0.2, -0.15) is 0 Å². The number of carbonyl (C=O) groups excluding carboxylic acids is 1. The third kappa shape index (κ3) is 3.52. The van der Waals surface area contributed by atoms with Crippen LogP contribution in [0, 0.1) is 5.41 Å². The van der Waals surface area contributed by atoms with Crippen molar-refractivity contribution >= 4 is 33.2 Å². The van der Waals surface area contributed by atoms with Gasteiger partial charge in [-0.3, -0.25) is 4.79 Å². The SMILES string of the molecule is CN(C)C(=O)[C@](N[S+]([O-])C(C)(C)C)(c1ccc(Br)cc1)C1(C)CC1. The lowest BCUT2D eigenvalue weighted by atomic mass is 9.76. The van der Waals surface area contributed by atoms with Gasteiger partial charge in [0.1, 0.15) is 4.75 Å². The highest BCUT2D eigenvalue weighted by Crippen LogP contribution is 2.59. The smallest absolute Gasteiger partial charge is 0.252 e. The molecule has 1 aliphatic rings. The molecule has 1 aromatic rings. The van der Waals surface area contributed by atoms with Gasteiger partial charge < -0.3 is 9.45 Å². The summed E-state index contributed by atoms with van der Waals surface area (Å²) in [6.07, 6.45) is 1.86. The van der Waals surface area contributed by atoms with Crippen LogP contribution >= 0.6 is 15.9 Å². The molecule has 0 radical (unpaired) electrons. The number of rotatable bonds is 5. The van der Waals surface area contributed by atoms with Gasteiger partial charge in [0.05, 0.1) is 0 Å². The Morgan fingerprint density at radius 3 is 2.12 bits per heavy atom. The Morgan fingerprint density at radius 1 is 1.25 bits per heavy atom. The summed E-state index contributed by atoms with van der Waals surface area (Å²) in [5.74, 6) is -0.0533. The van der Waals surface area contributed by atoms with Crippen molar-refractivity contribution in [2.45, 2.75) is 50.8 Å². The molecule has 1 fully saturated rings. The van der Waals surface area contributed by atoms with Crippen molar-refractivity contribution in [1.82, 2.24) is 9.62 Å². The summed E-state index contributed by atoms with van der Waals surface area (Å²) < 4.78 is 16.7. The van der Waals surface area contributed by atoms with Crippen molar-refractivity contribution in [3.63, 3.8) is 0 Å². The van der Waals surface area contributed by atoms with Crippen LogP contribution in [0.2, 0.25) is 0 Å². The standard InChI is InChI=1S/C18H27BrN2O2S/c1-16(2,3)24(23)20-18(15(22)21(5)6,17(4)11-12-17)13-7-9-14(19)10-8-13/h7-10,20H,11-12H2,1-6H3/t18-,24?/m1/s1. The second-order valence-corrected chi connectivity index (χ2v) is 10.9. The number of likely N-dealkylation sites (N-methyl/N-ethyl adjacent to an activating group) is 1. The molecule has 24 heavy (non-hydrogen) atoms. The molecule has 4 nitrogen and oxygen atoms in total. The molecule has 1 unspecified atom stereocenters. The summed E-state index contributed by atoms with van der Waals surface area (Å²) in [4.78, 5) is 14.9. The number of benzene rings is 1. The largest absolute Gasteiger partial charge is 0.598 e. The molecule has 1 amide bonds. The van der Waals surface area contributed by atoms with Gasteiger partial charge in [0.2, 0.25) is 0 Å². The number of amides is 1. The zero-order chi connectivity index (χ0) is 18.3. The van der Waals surface area contributed by atoms with Crippen LogP contribution in [-0.4, -0.2) is 34.2 Å². The molecule has 0 bridgehead atoms. The van der Waals surface area contributed by atoms with Gasteiger partial charge in [-0.15, -0.1) is 4.72 Å². The predicted molar refractivity (Wildman–Crippen MR) is 103 cm³/mol. The second-order valence-electron chi connectivity index (χ2n) is 8.00. The number of nitrogens with zero attached hydrogens (tertiary/aromatic N) is 1. The van der Waals surface area contributed by atoms with E-state index in [0.717, 1.165) is 22.9 Å². The molecule has 1 aliphatic carbocycles. The Bertz CT molecular complexity index is 608. The first-order valence-corrected chi connectivity index (χ1v) is 10.1. The fraction of sp³-hybridized carbons (Fsp3) is 0.611. The van der Waals surface area contributed by atoms with Crippen LogP contribution in [-0.2, 0) is 21.7 Å². The molecule has 0 heterocycles. The van der Waals surface area contributed by atoms with Crippen LogP contribution in [0.3, 0.4) is 0 Å². The van der Waals surface area contributed by atoms with Crippen LogP contribution < -0.4 is 4.72 Å². The van der Waals surface area contributed by atoms with Crippen molar-refractivity contribution in [1.29, 1.82) is 0 Å². The van der Waals surface area contributed by atoms with E-state index in [1.165, 1.54) is 0 Å². The van der Waals surface area contributed by atoms with Crippen molar-refractivity contribution in [3.8, 4) is 0 Å². The van der Waals surface area contributed by atoms with Gasteiger partial charge in [0, 0.05) is 35.3 Å². The number of hydrogen-bond acceptors (Lipinski definition) is 3. The van der Waals surface area contributed by atoms with Gasteiger partial charge in [-0.1, -0.05) is 35.0 Å². The minimum atomic E-state index is -1.37. The quantitative estimate of drug-likeness (QED) is 0.748. The van der Waals surface area contributed by atoms with E-state index in [1.54, 1.807) is 19.0 Å². The highest BCUT2D eigenvalue weighted by molar-refractivity contribution is 9.10. The van der Waals surface area contributed by atoms with Gasteiger partial charge in [0.15, 0.2) is 5.54 Å². The van der Waals surface area contributed by atoms with Gasteiger partial charge >= 0.3 is 0 Å². The molecule has 1 N–H and O–H groups in total. The molecule has 134 valence electrons. The highest BCUT2D eigenvalue weighted by Gasteiger charge is 2.64. The van der Waals surface area contributed by atoms with Crippen LogP contribution in [0.4, 0.5) is 0 Å². The van der Waals surface area contributed by atoms with Gasteiger partial charge in [0.25, 0.3) is 5.91 Å². The maximum absolute atomic E-state index is 13.3. The Morgan fingerprint density at radius 2 is 1.75 bits per heavy atom. The molecule has 2 atom stereocenters. The van der Waals surface area contributed by atoms with Crippen molar-refractivity contribution in [2.24, 2.45) is 5.41 Å². The van der Waals surface area contributed by atoms with Crippen molar-refractivity contribution in [2.75, 3.05) is 14.1 Å². The van der Waals surface area contributed by atoms with E-state index in [2.05, 4.69) is 27.6 Å². The lowest BCUT2D eigenvalue weighted by molar-refractivity contribution is -0.138. The number of nitrogens with one attached hydrogen (secondary N) is 1. The zero-order valence-corrected chi connectivity index (χ0v) is 17.7. The first kappa shape index (κ1) is 19.8. The minimum absolute atomic E-state index is 0.0533. The van der Waals surface area contributed by atoms with Gasteiger partial charge in [-0.05, 0) is 51.3 Å². The molecule has 0 spiro atoms. The van der Waals surface area contributed by atoms with Crippen LogP contribution in [0.5, 0.6) is 0 Å². The summed E-state index contributed by atoms with van der Waals surface area (Å²) in [5.41, 5.74) is -0.375. The van der Waals surface area contributed by atoms with E-state index in [0.29, 0.717) is 0 Å². The summed E-state index contributed by atoms with van der Waals surface area (Å²) >= 11 is 2.09. The molecule has 6 heteroatoms. The average molecular weight is 415 g/mol. The Balaban J connectivity index is 2.61. The summed E-state index contributed by atoms with van der Waals surface area (Å²) in [6.45, 7) is 7.84. The van der Waals surface area contributed by atoms with E-state index >= 15 is 0 Å². The van der Waals surface area contributed by atoms with E-state index in [-0.39, 0.29) is 11.3 Å². The van der Waals surface area contributed by atoms with E-state index in [4.69, 9.17) is 0 Å². The summed E-state index contributed by atoms with van der Waals surface area (Å²) in [7, 11) is 3.51. The van der Waals surface area contributed by atoms with Crippen LogP contribution in [0.15, 0.2) is 28.7 Å². The molecule has 0 aliphatic heterocycles. The number of carbonyl (C=O) groups is 1. The zero-order valence-electron chi connectivity index (χ0n) is 15.3. The maximum atomic E-state index is 13.3. The lowest BCUT2D eigenvalue weighted by Gasteiger charge is -2.42. The highest BCUT2D eigenvalue weighted by atomic mass is 79.9. The average Bonchev–Trinajstić information content (AvgIpc) is 3.22. The summed E-state index contributed by atoms with van der Waals surface area (Å²) in [6, 6.07) is 7.75. The Hall–Kier alpha value is -0.560. The Kier molecular flexibility index (Phi) is 5.46. The normalized spacial score (nSPS) is 20.2. The first-order chi connectivity index (χ1) is 10.9. The molecule has 0 aromatic heterocycles. The lowest BCUT2D eigenvalue weighted by Crippen LogP contribution is -2.62. The molecule has 0 saturated heterocycles. The number of halogens is 1. The fourth-order valence-corrected chi connectivity index (χ4v) is 4.15. The third-order valence-electron chi connectivity index (χ3n) is 4.71. The maximum Gasteiger partial charge on any atom is 0.252 e. The van der Waals surface area contributed by atoms with E-state index < -0.39 is 21.6 Å². The molecule has 2 rings (SSSR count). The second kappa shape index (κ2) is 6.63. The molecular weight excluding hydrogens is 388 g/mol. The van der Waals surface area contributed by atoms with Crippen LogP contribution in [0.1, 0.15) is 46.1 Å².